The molecule has 1 N–H and O–H groups in total. The normalized spacial score (nSPS) is 14.8. The number of benzene rings is 2. The van der Waals surface area contributed by atoms with Gasteiger partial charge in [-0.25, -0.2) is 8.42 Å². The standard InChI is InChI=1S/C19H22N2O3S/c1-13-11-14(2)19(15(3)12-13)20-25(23,24)17-8-6-16(7-9-17)21-10-4-5-18(21)22/h6-9,11-12,20H,4-5,10H2,1-3H3. The van der Waals surface area contributed by atoms with Crippen LogP contribution in [-0.4, -0.2) is 20.9 Å². The molecule has 0 unspecified atom stereocenters. The molecule has 0 radical (unpaired) electrons. The van der Waals surface area contributed by atoms with Crippen LogP contribution in [0.15, 0.2) is 41.3 Å². The third-order valence-corrected chi connectivity index (χ3v) is 5.81. The van der Waals surface area contributed by atoms with Gasteiger partial charge in [0.15, 0.2) is 0 Å². The molecule has 6 heteroatoms. The van der Waals surface area contributed by atoms with Gasteiger partial charge in [-0.05, 0) is 62.6 Å². The van der Waals surface area contributed by atoms with Gasteiger partial charge < -0.3 is 4.90 Å². The Morgan fingerprint density at radius 2 is 1.60 bits per heavy atom. The smallest absolute Gasteiger partial charge is 0.261 e. The molecular formula is C19H22N2O3S. The molecule has 2 aromatic carbocycles. The summed E-state index contributed by atoms with van der Waals surface area (Å²) in [5.41, 5.74) is 4.23. The Morgan fingerprint density at radius 3 is 2.12 bits per heavy atom. The minimum absolute atomic E-state index is 0.0830. The fourth-order valence-electron chi connectivity index (χ4n) is 3.26. The highest BCUT2D eigenvalue weighted by Gasteiger charge is 2.23. The van der Waals surface area contributed by atoms with Crippen molar-refractivity contribution in [1.82, 2.24) is 0 Å². The van der Waals surface area contributed by atoms with Crippen LogP contribution in [0.3, 0.4) is 0 Å². The summed E-state index contributed by atoms with van der Waals surface area (Å²) in [6, 6.07) is 10.4. The summed E-state index contributed by atoms with van der Waals surface area (Å²) < 4.78 is 28.1. The zero-order chi connectivity index (χ0) is 18.2. The molecular weight excluding hydrogens is 336 g/mol. The first-order chi connectivity index (χ1) is 11.8. The molecule has 2 aromatic rings. The Hall–Kier alpha value is -2.34. The highest BCUT2D eigenvalue weighted by Crippen LogP contribution is 2.27. The Bertz CT molecular complexity index is 895. The van der Waals surface area contributed by atoms with E-state index in [4.69, 9.17) is 0 Å². The van der Waals surface area contributed by atoms with Crippen LogP contribution < -0.4 is 9.62 Å². The number of aryl methyl sites for hydroxylation is 3. The zero-order valence-corrected chi connectivity index (χ0v) is 15.5. The first-order valence-corrected chi connectivity index (χ1v) is 9.77. The highest BCUT2D eigenvalue weighted by molar-refractivity contribution is 7.92. The van der Waals surface area contributed by atoms with E-state index in [0.717, 1.165) is 28.8 Å². The largest absolute Gasteiger partial charge is 0.312 e. The average molecular weight is 358 g/mol. The number of carbonyl (C=O) groups is 1. The number of rotatable bonds is 4. The van der Waals surface area contributed by atoms with Gasteiger partial charge in [-0.2, -0.15) is 0 Å². The summed E-state index contributed by atoms with van der Waals surface area (Å²) in [6.07, 6.45) is 1.39. The van der Waals surface area contributed by atoms with Crippen LogP contribution in [0.1, 0.15) is 29.5 Å². The summed E-state index contributed by atoms with van der Waals surface area (Å²) >= 11 is 0. The van der Waals surface area contributed by atoms with Gasteiger partial charge in [0.25, 0.3) is 10.0 Å². The maximum atomic E-state index is 12.7. The molecule has 0 atom stereocenters. The van der Waals surface area contributed by atoms with Crippen molar-refractivity contribution in [3.05, 3.63) is 53.1 Å². The lowest BCUT2D eigenvalue weighted by Crippen LogP contribution is -2.23. The maximum Gasteiger partial charge on any atom is 0.261 e. The Morgan fingerprint density at radius 1 is 1.00 bits per heavy atom. The summed E-state index contributed by atoms with van der Waals surface area (Å²) in [5, 5.41) is 0. The number of hydrogen-bond acceptors (Lipinski definition) is 3. The third kappa shape index (κ3) is 3.54. The second kappa shape index (κ2) is 6.52. The van der Waals surface area contributed by atoms with Gasteiger partial charge in [-0.15, -0.1) is 0 Å². The molecule has 0 spiro atoms. The topological polar surface area (TPSA) is 66.5 Å². The van der Waals surface area contributed by atoms with E-state index in [0.29, 0.717) is 18.7 Å². The van der Waals surface area contributed by atoms with Crippen LogP contribution in [0.25, 0.3) is 0 Å². The second-order valence-electron chi connectivity index (χ2n) is 6.52. The van der Waals surface area contributed by atoms with Gasteiger partial charge in [-0.3, -0.25) is 9.52 Å². The summed E-state index contributed by atoms with van der Waals surface area (Å²) in [6.45, 7) is 6.45. The molecule has 3 rings (SSSR count). The number of sulfonamides is 1. The van der Waals surface area contributed by atoms with Gasteiger partial charge in [0.1, 0.15) is 0 Å². The fourth-order valence-corrected chi connectivity index (χ4v) is 4.46. The average Bonchev–Trinajstić information content (AvgIpc) is 2.97. The lowest BCUT2D eigenvalue weighted by Gasteiger charge is -2.17. The van der Waals surface area contributed by atoms with Gasteiger partial charge in [0, 0.05) is 18.7 Å². The zero-order valence-electron chi connectivity index (χ0n) is 14.7. The quantitative estimate of drug-likeness (QED) is 0.909. The molecule has 0 bridgehead atoms. The van der Waals surface area contributed by atoms with Gasteiger partial charge in [0.2, 0.25) is 5.91 Å². The van der Waals surface area contributed by atoms with Crippen molar-refractivity contribution in [3.8, 4) is 0 Å². The molecule has 25 heavy (non-hydrogen) atoms. The van der Waals surface area contributed by atoms with Crippen LogP contribution in [-0.2, 0) is 14.8 Å². The minimum atomic E-state index is -3.68. The molecule has 1 amide bonds. The van der Waals surface area contributed by atoms with Gasteiger partial charge >= 0.3 is 0 Å². The molecule has 1 heterocycles. The number of nitrogens with zero attached hydrogens (tertiary/aromatic N) is 1. The second-order valence-corrected chi connectivity index (χ2v) is 8.20. The Labute approximate surface area is 148 Å². The third-order valence-electron chi connectivity index (χ3n) is 4.45. The molecule has 1 aliphatic rings. The Balaban J connectivity index is 1.87. The molecule has 132 valence electrons. The van der Waals surface area contributed by atoms with Gasteiger partial charge in [0.05, 0.1) is 10.6 Å². The maximum absolute atomic E-state index is 12.7. The minimum Gasteiger partial charge on any atom is -0.312 e. The molecule has 5 nitrogen and oxygen atoms in total. The van der Waals surface area contributed by atoms with Crippen molar-refractivity contribution < 1.29 is 13.2 Å². The van der Waals surface area contributed by atoms with E-state index in [1.165, 1.54) is 0 Å². The van der Waals surface area contributed by atoms with Crippen LogP contribution in [0.5, 0.6) is 0 Å². The summed E-state index contributed by atoms with van der Waals surface area (Å²) in [5.74, 6) is 0.0830. The van der Waals surface area contributed by atoms with Crippen molar-refractivity contribution in [2.24, 2.45) is 0 Å². The number of carbonyl (C=O) groups excluding carboxylic acids is 1. The number of anilines is 2. The molecule has 1 saturated heterocycles. The van der Waals surface area contributed by atoms with Gasteiger partial charge in [-0.1, -0.05) is 17.7 Å². The van der Waals surface area contributed by atoms with Crippen LogP contribution in [0.4, 0.5) is 11.4 Å². The predicted octanol–water partition coefficient (Wildman–Crippen LogP) is 3.54. The lowest BCUT2D eigenvalue weighted by molar-refractivity contribution is -0.117. The Kier molecular flexibility index (Phi) is 4.56. The molecule has 1 aliphatic heterocycles. The SMILES string of the molecule is Cc1cc(C)c(NS(=O)(=O)c2ccc(N3CCCC3=O)cc2)c(C)c1. The van der Waals surface area contributed by atoms with E-state index in [9.17, 15) is 13.2 Å². The van der Waals surface area contributed by atoms with Crippen LogP contribution in [0, 0.1) is 20.8 Å². The van der Waals surface area contributed by atoms with E-state index in [1.54, 1.807) is 29.2 Å². The first-order valence-electron chi connectivity index (χ1n) is 8.29. The number of hydrogen-bond donors (Lipinski definition) is 1. The fraction of sp³-hybridized carbons (Fsp3) is 0.316. The monoisotopic (exact) mass is 358 g/mol. The molecule has 0 aliphatic carbocycles. The number of nitrogens with one attached hydrogen (secondary N) is 1. The van der Waals surface area contributed by atoms with E-state index in [2.05, 4.69) is 4.72 Å². The first kappa shape index (κ1) is 17.5. The summed E-state index contributed by atoms with van der Waals surface area (Å²) in [7, 11) is -3.68. The van der Waals surface area contributed by atoms with Crippen molar-refractivity contribution in [3.63, 3.8) is 0 Å². The molecule has 0 aromatic heterocycles. The molecule has 0 saturated carbocycles. The highest BCUT2D eigenvalue weighted by atomic mass is 32.2. The summed E-state index contributed by atoms with van der Waals surface area (Å²) in [4.78, 5) is 13.7. The predicted molar refractivity (Wildman–Crippen MR) is 99.5 cm³/mol. The number of amides is 1. The molecule has 1 fully saturated rings. The van der Waals surface area contributed by atoms with E-state index in [1.807, 2.05) is 32.9 Å². The van der Waals surface area contributed by atoms with Crippen molar-refractivity contribution in [2.45, 2.75) is 38.5 Å². The van der Waals surface area contributed by atoms with Crippen LogP contribution in [0.2, 0.25) is 0 Å². The van der Waals surface area contributed by atoms with Crippen molar-refractivity contribution >= 4 is 27.3 Å². The van der Waals surface area contributed by atoms with Crippen molar-refractivity contribution in [2.75, 3.05) is 16.2 Å². The van der Waals surface area contributed by atoms with E-state index >= 15 is 0 Å². The lowest BCUT2D eigenvalue weighted by atomic mass is 10.1. The van der Waals surface area contributed by atoms with Crippen molar-refractivity contribution in [1.29, 1.82) is 0 Å². The van der Waals surface area contributed by atoms with Crippen LogP contribution >= 0.6 is 0 Å². The van der Waals surface area contributed by atoms with E-state index in [-0.39, 0.29) is 10.8 Å². The van der Waals surface area contributed by atoms with E-state index < -0.39 is 10.0 Å².